The summed E-state index contributed by atoms with van der Waals surface area (Å²) in [4.78, 5) is 20.3. The van der Waals surface area contributed by atoms with Crippen molar-refractivity contribution < 1.29 is 45.4 Å². The number of sulfonamides is 1. The second-order valence-corrected chi connectivity index (χ2v) is 11.0. The van der Waals surface area contributed by atoms with Crippen molar-refractivity contribution in [2.45, 2.75) is 49.3 Å². The molecule has 34 heavy (non-hydrogen) atoms. The van der Waals surface area contributed by atoms with Gasteiger partial charge in [0.15, 0.2) is 0 Å². The predicted octanol–water partition coefficient (Wildman–Crippen LogP) is 3.53. The Morgan fingerprint density at radius 2 is 1.18 bits per heavy atom. The van der Waals surface area contributed by atoms with E-state index in [9.17, 15) is 35.2 Å². The fourth-order valence-corrected chi connectivity index (χ4v) is 4.46. The van der Waals surface area contributed by atoms with Crippen LogP contribution in [0, 0.1) is 11.6 Å². The van der Waals surface area contributed by atoms with E-state index in [1.165, 1.54) is 0 Å². The summed E-state index contributed by atoms with van der Waals surface area (Å²) in [5.41, 5.74) is 0.0243. The lowest BCUT2D eigenvalue weighted by molar-refractivity contribution is 0.0684. The Hall–Kier alpha value is -2.61. The number of primary sulfonamides is 1. The summed E-state index contributed by atoms with van der Waals surface area (Å²) in [6.45, 7) is 3.60. The maximum Gasteiger partial charge on any atom is 0.336 e. The van der Waals surface area contributed by atoms with E-state index in [1.807, 2.05) is 0 Å². The van der Waals surface area contributed by atoms with Crippen molar-refractivity contribution in [1.29, 1.82) is 0 Å². The van der Waals surface area contributed by atoms with E-state index in [4.69, 9.17) is 26.0 Å². The van der Waals surface area contributed by atoms with Crippen LogP contribution < -0.4 is 5.14 Å². The Labute approximate surface area is 199 Å². The number of rotatable bonds is 8. The third-order valence-corrected chi connectivity index (χ3v) is 6.65. The Balaban J connectivity index is 0.000000340. The fraction of sp³-hybridized carbons (Fsp3) is 0.300. The highest BCUT2D eigenvalue weighted by atomic mass is 35.7. The third-order valence-electron chi connectivity index (χ3n) is 4.38. The lowest BCUT2D eigenvalue weighted by Gasteiger charge is -2.08. The molecule has 4 N–H and O–H groups in total. The van der Waals surface area contributed by atoms with Crippen LogP contribution in [0.3, 0.4) is 0 Å². The third kappa shape index (κ3) is 7.72. The van der Waals surface area contributed by atoms with Crippen LogP contribution in [0.1, 0.15) is 58.5 Å². The average molecular weight is 542 g/mol. The summed E-state index contributed by atoms with van der Waals surface area (Å²) in [6, 6.07) is 3.33. The SMILES string of the molecule is CCCc1cc(F)c(S(=O)(=O)Cl)cc1C(=O)O.CCCc1cc(F)c(S(N)(=O)=O)cc1C(=O)O. The number of aryl methyl sites for hydroxylation is 2. The summed E-state index contributed by atoms with van der Waals surface area (Å²) in [6.07, 6.45) is 1.94. The van der Waals surface area contributed by atoms with Gasteiger partial charge in [0.2, 0.25) is 10.0 Å². The molecule has 0 aromatic heterocycles. The first-order valence-corrected chi connectivity index (χ1v) is 13.5. The zero-order valence-corrected chi connectivity index (χ0v) is 20.4. The second kappa shape index (κ2) is 11.7. The van der Waals surface area contributed by atoms with Gasteiger partial charge in [0.05, 0.1) is 11.1 Å². The molecule has 0 spiro atoms. The summed E-state index contributed by atoms with van der Waals surface area (Å²) in [5.74, 6) is -4.68. The monoisotopic (exact) mass is 541 g/mol. The van der Waals surface area contributed by atoms with Crippen LogP contribution in [0.2, 0.25) is 0 Å². The van der Waals surface area contributed by atoms with Crippen LogP contribution in [0.4, 0.5) is 8.78 Å². The number of hydrogen-bond acceptors (Lipinski definition) is 6. The highest BCUT2D eigenvalue weighted by molar-refractivity contribution is 8.13. The normalized spacial score (nSPS) is 11.5. The lowest BCUT2D eigenvalue weighted by atomic mass is 10.0. The first kappa shape index (κ1) is 29.4. The van der Waals surface area contributed by atoms with E-state index in [1.54, 1.807) is 13.8 Å². The van der Waals surface area contributed by atoms with Crippen LogP contribution in [0.5, 0.6) is 0 Å². The van der Waals surface area contributed by atoms with E-state index in [-0.39, 0.29) is 22.3 Å². The molecule has 0 bridgehead atoms. The van der Waals surface area contributed by atoms with Crippen LogP contribution >= 0.6 is 10.7 Å². The van der Waals surface area contributed by atoms with Crippen molar-refractivity contribution in [3.63, 3.8) is 0 Å². The van der Waals surface area contributed by atoms with Crippen molar-refractivity contribution in [1.82, 2.24) is 0 Å². The predicted molar refractivity (Wildman–Crippen MR) is 119 cm³/mol. The van der Waals surface area contributed by atoms with Gasteiger partial charge in [-0.3, -0.25) is 0 Å². The van der Waals surface area contributed by atoms with Crippen LogP contribution in [0.15, 0.2) is 34.1 Å². The minimum atomic E-state index is -4.29. The van der Waals surface area contributed by atoms with Gasteiger partial charge in [0.25, 0.3) is 9.05 Å². The van der Waals surface area contributed by atoms with Gasteiger partial charge in [-0.2, -0.15) is 0 Å². The maximum absolute atomic E-state index is 13.5. The van der Waals surface area contributed by atoms with E-state index in [2.05, 4.69) is 0 Å². The van der Waals surface area contributed by atoms with Crippen LogP contribution in [-0.2, 0) is 31.9 Å². The zero-order valence-electron chi connectivity index (χ0n) is 18.0. The summed E-state index contributed by atoms with van der Waals surface area (Å²) in [7, 11) is -3.54. The van der Waals surface area contributed by atoms with Gasteiger partial charge in [-0.15, -0.1) is 0 Å². The smallest absolute Gasteiger partial charge is 0.336 e. The molecule has 0 fully saturated rings. The molecule has 0 saturated heterocycles. The molecule has 2 aromatic carbocycles. The summed E-state index contributed by atoms with van der Waals surface area (Å²) in [5, 5.41) is 22.6. The minimum Gasteiger partial charge on any atom is -0.478 e. The summed E-state index contributed by atoms with van der Waals surface area (Å²) >= 11 is 0. The van der Waals surface area contributed by atoms with E-state index < -0.39 is 52.4 Å². The Kier molecular flexibility index (Phi) is 10.1. The number of aromatic carboxylic acids is 2. The van der Waals surface area contributed by atoms with Gasteiger partial charge in [0.1, 0.15) is 21.4 Å². The molecule has 188 valence electrons. The van der Waals surface area contributed by atoms with Crippen molar-refractivity contribution in [3.05, 3.63) is 58.2 Å². The Bertz CT molecular complexity index is 1210. The number of carboxylic acid groups (broad SMARTS) is 2. The maximum atomic E-state index is 13.5. The number of nitrogens with two attached hydrogens (primary N) is 1. The Morgan fingerprint density at radius 3 is 1.47 bits per heavy atom. The number of hydrogen-bond donors (Lipinski definition) is 3. The number of carboxylic acids is 2. The largest absolute Gasteiger partial charge is 0.478 e. The first-order valence-electron chi connectivity index (χ1n) is 9.63. The Morgan fingerprint density at radius 1 is 0.824 bits per heavy atom. The molecule has 0 radical (unpaired) electrons. The van der Waals surface area contributed by atoms with E-state index >= 15 is 0 Å². The molecule has 9 nitrogen and oxygen atoms in total. The van der Waals surface area contributed by atoms with Crippen molar-refractivity contribution in [3.8, 4) is 0 Å². The molecule has 2 aromatic rings. The lowest BCUT2D eigenvalue weighted by Crippen LogP contribution is -2.16. The molecule has 0 aliphatic rings. The molecule has 2 rings (SSSR count). The van der Waals surface area contributed by atoms with E-state index in [0.29, 0.717) is 25.7 Å². The summed E-state index contributed by atoms with van der Waals surface area (Å²) < 4.78 is 71.1. The zero-order chi connectivity index (χ0) is 26.4. The molecular formula is C20H22ClF2NO8S2. The van der Waals surface area contributed by atoms with Crippen molar-refractivity contribution in [2.24, 2.45) is 5.14 Å². The number of benzene rings is 2. The van der Waals surface area contributed by atoms with E-state index in [0.717, 1.165) is 24.3 Å². The molecular weight excluding hydrogens is 520 g/mol. The van der Waals surface area contributed by atoms with Crippen LogP contribution in [0.25, 0.3) is 0 Å². The molecule has 0 atom stereocenters. The quantitative estimate of drug-likeness (QED) is 0.426. The standard InChI is InChI=1S/C10H10ClFO4S.C10H12FNO4S/c1-2-3-6-4-8(12)9(17(11,15)16)5-7(6)10(13)14;1-2-3-6-4-8(11)9(17(12,15)16)5-7(6)10(13)14/h4-5H,2-3H2,1H3,(H,13,14);4-5H,2-3H2,1H3,(H,13,14)(H2,12,15,16). The molecule has 14 heteroatoms. The fourth-order valence-electron chi connectivity index (χ4n) is 2.94. The average Bonchev–Trinajstić information content (AvgIpc) is 2.66. The first-order chi connectivity index (χ1) is 15.5. The minimum absolute atomic E-state index is 0.239. The molecule has 0 amide bonds. The van der Waals surface area contributed by atoms with Gasteiger partial charge < -0.3 is 10.2 Å². The van der Waals surface area contributed by atoms with Crippen molar-refractivity contribution in [2.75, 3.05) is 0 Å². The highest BCUT2D eigenvalue weighted by Gasteiger charge is 2.22. The van der Waals surface area contributed by atoms with Gasteiger partial charge in [0, 0.05) is 10.7 Å². The molecule has 0 saturated carbocycles. The second-order valence-electron chi connectivity index (χ2n) is 6.97. The van der Waals surface area contributed by atoms with Gasteiger partial charge in [-0.05, 0) is 48.2 Å². The number of halogens is 3. The van der Waals surface area contributed by atoms with Gasteiger partial charge in [-0.25, -0.2) is 40.3 Å². The van der Waals surface area contributed by atoms with Crippen molar-refractivity contribution >= 4 is 41.7 Å². The van der Waals surface area contributed by atoms with Gasteiger partial charge in [-0.1, -0.05) is 26.7 Å². The number of carbonyl (C=O) groups is 2. The molecule has 0 aliphatic carbocycles. The highest BCUT2D eigenvalue weighted by Crippen LogP contribution is 2.24. The molecule has 0 heterocycles. The molecule has 0 aliphatic heterocycles. The molecule has 0 unspecified atom stereocenters. The van der Waals surface area contributed by atoms with Crippen LogP contribution in [-0.4, -0.2) is 39.0 Å². The van der Waals surface area contributed by atoms with Gasteiger partial charge >= 0.3 is 11.9 Å². The topological polar surface area (TPSA) is 169 Å².